The highest BCUT2D eigenvalue weighted by molar-refractivity contribution is 5.84. The second-order valence-corrected chi connectivity index (χ2v) is 7.53. The monoisotopic (exact) mass is 384 g/mol. The first-order valence-corrected chi connectivity index (χ1v) is 10.5. The van der Waals surface area contributed by atoms with Gasteiger partial charge in [0.05, 0.1) is 17.6 Å². The summed E-state index contributed by atoms with van der Waals surface area (Å²) in [6, 6.07) is 25.2. The van der Waals surface area contributed by atoms with E-state index in [1.165, 1.54) is 24.8 Å². The highest BCUT2D eigenvalue weighted by Gasteiger charge is 2.15. The lowest BCUT2D eigenvalue weighted by molar-refractivity contribution is 0.305. The fraction of sp³-hybridized carbons (Fsp3) is 0.269. The summed E-state index contributed by atoms with van der Waals surface area (Å²) < 4.78 is 8.27. The van der Waals surface area contributed by atoms with Gasteiger partial charge in [0.2, 0.25) is 0 Å². The lowest BCUT2D eigenvalue weighted by atomic mass is 10.2. The zero-order chi connectivity index (χ0) is 20.1. The van der Waals surface area contributed by atoms with Crippen LogP contribution in [0.2, 0.25) is 0 Å². The molecule has 3 heteroatoms. The summed E-state index contributed by atoms with van der Waals surface area (Å²) in [6.07, 6.45) is 4.82. The van der Waals surface area contributed by atoms with E-state index < -0.39 is 0 Å². The van der Waals surface area contributed by atoms with Gasteiger partial charge in [0.1, 0.15) is 11.6 Å². The van der Waals surface area contributed by atoms with Crippen LogP contribution in [-0.2, 0) is 0 Å². The van der Waals surface area contributed by atoms with Crippen molar-refractivity contribution in [1.82, 2.24) is 9.55 Å². The predicted octanol–water partition coefficient (Wildman–Crippen LogP) is 6.96. The van der Waals surface area contributed by atoms with E-state index in [-0.39, 0.29) is 0 Å². The van der Waals surface area contributed by atoms with Crippen LogP contribution in [-0.4, -0.2) is 16.2 Å². The standard InChI is InChI=1S/C26H28N2O/c1-3-4-5-9-18-29-23-16-17-24-25(19-23)28(22-14-12-20(2)13-15-22)26(27-24)21-10-7-6-8-11-21/h6-8,10-17,19H,3-5,9,18H2,1-2H3. The van der Waals surface area contributed by atoms with E-state index in [0.717, 1.165) is 46.9 Å². The molecule has 0 radical (unpaired) electrons. The fourth-order valence-corrected chi connectivity index (χ4v) is 3.60. The fourth-order valence-electron chi connectivity index (χ4n) is 3.60. The minimum Gasteiger partial charge on any atom is -0.494 e. The number of fused-ring (bicyclic) bond motifs is 1. The number of imidazole rings is 1. The quantitative estimate of drug-likeness (QED) is 0.307. The summed E-state index contributed by atoms with van der Waals surface area (Å²) in [7, 11) is 0. The van der Waals surface area contributed by atoms with Gasteiger partial charge in [-0.1, -0.05) is 74.2 Å². The molecule has 3 nitrogen and oxygen atoms in total. The third-order valence-corrected chi connectivity index (χ3v) is 5.22. The van der Waals surface area contributed by atoms with E-state index in [2.05, 4.69) is 79.1 Å². The number of benzene rings is 3. The molecule has 0 aliphatic rings. The Morgan fingerprint density at radius 3 is 2.41 bits per heavy atom. The molecule has 0 atom stereocenters. The van der Waals surface area contributed by atoms with Crippen molar-refractivity contribution < 1.29 is 4.74 Å². The molecule has 4 rings (SSSR count). The van der Waals surface area contributed by atoms with Crippen LogP contribution in [0.3, 0.4) is 0 Å². The second-order valence-electron chi connectivity index (χ2n) is 7.53. The van der Waals surface area contributed by atoms with Gasteiger partial charge in [-0.05, 0) is 37.6 Å². The number of hydrogen-bond acceptors (Lipinski definition) is 2. The molecule has 1 aromatic heterocycles. The number of rotatable bonds is 8. The molecule has 0 N–H and O–H groups in total. The Morgan fingerprint density at radius 2 is 1.66 bits per heavy atom. The molecule has 29 heavy (non-hydrogen) atoms. The molecular formula is C26H28N2O. The van der Waals surface area contributed by atoms with Crippen molar-refractivity contribution in [1.29, 1.82) is 0 Å². The van der Waals surface area contributed by atoms with Crippen LogP contribution in [0.1, 0.15) is 38.2 Å². The van der Waals surface area contributed by atoms with Crippen molar-refractivity contribution in [3.63, 3.8) is 0 Å². The van der Waals surface area contributed by atoms with Crippen LogP contribution in [0.5, 0.6) is 5.75 Å². The number of ether oxygens (including phenoxy) is 1. The summed E-state index contributed by atoms with van der Waals surface area (Å²) in [6.45, 7) is 5.10. The maximum Gasteiger partial charge on any atom is 0.145 e. The molecule has 0 fully saturated rings. The summed E-state index contributed by atoms with van der Waals surface area (Å²) in [5, 5.41) is 0. The minimum atomic E-state index is 0.760. The average molecular weight is 385 g/mol. The molecular weight excluding hydrogens is 356 g/mol. The molecule has 0 saturated carbocycles. The zero-order valence-corrected chi connectivity index (χ0v) is 17.3. The van der Waals surface area contributed by atoms with Crippen LogP contribution < -0.4 is 4.74 Å². The van der Waals surface area contributed by atoms with Crippen LogP contribution >= 0.6 is 0 Å². The molecule has 4 aromatic rings. The van der Waals surface area contributed by atoms with Gasteiger partial charge in [0.25, 0.3) is 0 Å². The van der Waals surface area contributed by atoms with E-state index in [1.54, 1.807) is 0 Å². The Bertz CT molecular complexity index is 1070. The lowest BCUT2D eigenvalue weighted by Crippen LogP contribution is -1.99. The van der Waals surface area contributed by atoms with Crippen LogP contribution in [0, 0.1) is 6.92 Å². The molecule has 0 unspecified atom stereocenters. The molecule has 3 aromatic carbocycles. The maximum absolute atomic E-state index is 6.04. The van der Waals surface area contributed by atoms with Gasteiger partial charge in [-0.15, -0.1) is 0 Å². The lowest BCUT2D eigenvalue weighted by Gasteiger charge is -2.11. The number of unbranched alkanes of at least 4 members (excludes halogenated alkanes) is 3. The van der Waals surface area contributed by atoms with Gasteiger partial charge in [-0.3, -0.25) is 4.57 Å². The third-order valence-electron chi connectivity index (χ3n) is 5.22. The smallest absolute Gasteiger partial charge is 0.145 e. The minimum absolute atomic E-state index is 0.760. The molecule has 148 valence electrons. The van der Waals surface area contributed by atoms with E-state index in [0.29, 0.717) is 0 Å². The highest BCUT2D eigenvalue weighted by atomic mass is 16.5. The second kappa shape index (κ2) is 8.95. The van der Waals surface area contributed by atoms with Gasteiger partial charge in [-0.25, -0.2) is 4.98 Å². The molecule has 0 aliphatic heterocycles. The van der Waals surface area contributed by atoms with E-state index >= 15 is 0 Å². The average Bonchev–Trinajstić information content (AvgIpc) is 3.14. The Kier molecular flexibility index (Phi) is 5.95. The normalized spacial score (nSPS) is 11.1. The van der Waals surface area contributed by atoms with E-state index in [9.17, 15) is 0 Å². The SMILES string of the molecule is CCCCCCOc1ccc2nc(-c3ccccc3)n(-c3ccc(C)cc3)c2c1. The molecule has 0 aliphatic carbocycles. The molecule has 0 amide bonds. The first kappa shape index (κ1) is 19.3. The van der Waals surface area contributed by atoms with Gasteiger partial charge >= 0.3 is 0 Å². The largest absolute Gasteiger partial charge is 0.494 e. The first-order valence-electron chi connectivity index (χ1n) is 10.5. The van der Waals surface area contributed by atoms with Gasteiger partial charge in [0.15, 0.2) is 0 Å². The number of aryl methyl sites for hydroxylation is 1. The molecule has 0 saturated heterocycles. The summed E-state index contributed by atoms with van der Waals surface area (Å²) in [5.41, 5.74) is 5.50. The van der Waals surface area contributed by atoms with Crippen molar-refractivity contribution >= 4 is 11.0 Å². The summed E-state index contributed by atoms with van der Waals surface area (Å²) in [5.74, 6) is 1.85. The van der Waals surface area contributed by atoms with Crippen molar-refractivity contribution in [2.45, 2.75) is 39.5 Å². The van der Waals surface area contributed by atoms with Crippen LogP contribution in [0.4, 0.5) is 0 Å². The van der Waals surface area contributed by atoms with Gasteiger partial charge in [-0.2, -0.15) is 0 Å². The first-order chi connectivity index (χ1) is 14.3. The predicted molar refractivity (Wildman–Crippen MR) is 121 cm³/mol. The Morgan fingerprint density at radius 1 is 0.862 bits per heavy atom. The Balaban J connectivity index is 1.75. The van der Waals surface area contributed by atoms with Crippen LogP contribution in [0.15, 0.2) is 72.8 Å². The Hall–Kier alpha value is -3.07. The number of hydrogen-bond donors (Lipinski definition) is 0. The third kappa shape index (κ3) is 4.34. The highest BCUT2D eigenvalue weighted by Crippen LogP contribution is 2.31. The van der Waals surface area contributed by atoms with Crippen LogP contribution in [0.25, 0.3) is 28.1 Å². The Labute approximate surface area is 173 Å². The molecule has 0 spiro atoms. The number of nitrogens with zero attached hydrogens (tertiary/aromatic N) is 2. The topological polar surface area (TPSA) is 27.1 Å². The van der Waals surface area contributed by atoms with Crippen molar-refractivity contribution in [2.24, 2.45) is 0 Å². The van der Waals surface area contributed by atoms with Crippen molar-refractivity contribution in [3.8, 4) is 22.8 Å². The molecule has 0 bridgehead atoms. The van der Waals surface area contributed by atoms with Gasteiger partial charge in [0, 0.05) is 17.3 Å². The van der Waals surface area contributed by atoms with Crippen molar-refractivity contribution in [3.05, 3.63) is 78.4 Å². The van der Waals surface area contributed by atoms with E-state index in [4.69, 9.17) is 9.72 Å². The zero-order valence-electron chi connectivity index (χ0n) is 17.3. The summed E-state index contributed by atoms with van der Waals surface area (Å²) in [4.78, 5) is 4.95. The molecule has 1 heterocycles. The van der Waals surface area contributed by atoms with Gasteiger partial charge < -0.3 is 4.74 Å². The van der Waals surface area contributed by atoms with E-state index in [1.807, 2.05) is 12.1 Å². The summed E-state index contributed by atoms with van der Waals surface area (Å²) >= 11 is 0. The number of aromatic nitrogens is 2. The van der Waals surface area contributed by atoms with Crippen molar-refractivity contribution in [2.75, 3.05) is 6.61 Å². The maximum atomic E-state index is 6.04.